The second-order valence-corrected chi connectivity index (χ2v) is 3.41. The summed E-state index contributed by atoms with van der Waals surface area (Å²) in [6.07, 6.45) is 2.50. The van der Waals surface area contributed by atoms with Crippen molar-refractivity contribution in [3.63, 3.8) is 0 Å². The fraction of sp³-hybridized carbons (Fsp3) is 0.857. The van der Waals surface area contributed by atoms with Gasteiger partial charge in [-0.05, 0) is 5.41 Å². The van der Waals surface area contributed by atoms with Crippen LogP contribution in [0, 0.1) is 5.41 Å². The summed E-state index contributed by atoms with van der Waals surface area (Å²) < 4.78 is 4.87. The third kappa shape index (κ3) is 2.36. The molecule has 3 heteroatoms. The molecule has 1 rings (SSSR count). The maximum Gasteiger partial charge on any atom is 1.00 e. The van der Waals surface area contributed by atoms with E-state index in [0.29, 0.717) is 12.6 Å². The zero-order valence-electron chi connectivity index (χ0n) is 7.14. The molecule has 0 aromatic carbocycles. The predicted molar refractivity (Wildman–Crippen MR) is 36.6 cm³/mol. The Morgan fingerprint density at radius 2 is 2.10 bits per heavy atom. The molecule has 52 valence electrons. The van der Waals surface area contributed by atoms with Crippen molar-refractivity contribution in [1.29, 1.82) is 0 Å². The number of aliphatic imine (C=N–C) groups is 1. The van der Waals surface area contributed by atoms with Crippen LogP contribution in [0.4, 0.5) is 0 Å². The molecule has 0 saturated heterocycles. The molecule has 0 amide bonds. The van der Waals surface area contributed by atoms with Crippen molar-refractivity contribution in [2.75, 3.05) is 6.61 Å². The van der Waals surface area contributed by atoms with Crippen LogP contribution in [-0.2, 0) is 4.74 Å². The van der Waals surface area contributed by atoms with Crippen molar-refractivity contribution in [1.82, 2.24) is 0 Å². The van der Waals surface area contributed by atoms with E-state index in [2.05, 4.69) is 32.2 Å². The molecule has 1 aliphatic heterocycles. The number of hydrogen-bond acceptors (Lipinski definition) is 2. The van der Waals surface area contributed by atoms with Gasteiger partial charge in [0.25, 0.3) is 0 Å². The summed E-state index contributed by atoms with van der Waals surface area (Å²) in [7, 11) is 0. The Morgan fingerprint density at radius 3 is 2.30 bits per heavy atom. The van der Waals surface area contributed by atoms with Gasteiger partial charge in [0.15, 0.2) is 0 Å². The zero-order chi connectivity index (χ0) is 6.91. The average Bonchev–Trinajstić information content (AvgIpc) is 2.08. The van der Waals surface area contributed by atoms with Gasteiger partial charge in [-0.3, -0.25) is 0 Å². The van der Waals surface area contributed by atoms with E-state index in [1.165, 1.54) is 0 Å². The quantitative estimate of drug-likeness (QED) is 0.286. The number of ether oxygens (including phenoxy) is 1. The molecular formula is C7H12LiNO. The minimum absolute atomic E-state index is 0. The van der Waals surface area contributed by atoms with E-state index in [4.69, 9.17) is 4.74 Å². The van der Waals surface area contributed by atoms with Crippen LogP contribution < -0.4 is 18.9 Å². The van der Waals surface area contributed by atoms with E-state index in [1.54, 1.807) is 0 Å². The molecule has 0 saturated carbocycles. The number of rotatable bonds is 0. The second-order valence-electron chi connectivity index (χ2n) is 3.41. The predicted octanol–water partition coefficient (Wildman–Crippen LogP) is -1.66. The van der Waals surface area contributed by atoms with E-state index in [9.17, 15) is 0 Å². The van der Waals surface area contributed by atoms with Crippen LogP contribution >= 0.6 is 0 Å². The van der Waals surface area contributed by atoms with E-state index >= 15 is 0 Å². The Kier molecular flexibility index (Phi) is 3.48. The van der Waals surface area contributed by atoms with Crippen molar-refractivity contribution < 1.29 is 23.6 Å². The molecule has 0 fully saturated rings. The fourth-order valence-corrected chi connectivity index (χ4v) is 0.698. The second kappa shape index (κ2) is 3.46. The molecule has 0 aromatic rings. The van der Waals surface area contributed by atoms with E-state index in [1.807, 2.05) is 0 Å². The van der Waals surface area contributed by atoms with Crippen molar-refractivity contribution >= 4 is 6.40 Å². The Hall–Kier alpha value is 0.0674. The summed E-state index contributed by atoms with van der Waals surface area (Å²) in [6.45, 7) is 7.15. The first-order valence-electron chi connectivity index (χ1n) is 3.17. The molecule has 2 nitrogen and oxygen atoms in total. The zero-order valence-corrected chi connectivity index (χ0v) is 7.14. The Morgan fingerprint density at radius 1 is 1.50 bits per heavy atom. The molecule has 0 aromatic heterocycles. The standard InChI is InChI=1S/C7H12NO.Li/c1-7(2,3)6-4-9-5-8-6;/h6H,4H2,1-3H3;/q-1;+1/t6-;/m1./s1. The summed E-state index contributed by atoms with van der Waals surface area (Å²) in [4.78, 5) is 4.03. The minimum atomic E-state index is 0. The summed E-state index contributed by atoms with van der Waals surface area (Å²) in [5, 5.41) is 0. The molecule has 10 heavy (non-hydrogen) atoms. The van der Waals surface area contributed by atoms with Crippen LogP contribution in [0.3, 0.4) is 0 Å². The SMILES string of the molecule is CC(C)(C)[C@H]1CO[C-]=N1.[Li+]. The van der Waals surface area contributed by atoms with Gasteiger partial charge in [-0.25, -0.2) is 6.40 Å². The molecule has 0 radical (unpaired) electrons. The maximum atomic E-state index is 4.87. The molecule has 1 atom stereocenters. The maximum absolute atomic E-state index is 4.87. The Labute approximate surface area is 74.2 Å². The first-order valence-corrected chi connectivity index (χ1v) is 3.17. The summed E-state index contributed by atoms with van der Waals surface area (Å²) in [5.74, 6) is 0. The molecule has 0 unspecified atom stereocenters. The summed E-state index contributed by atoms with van der Waals surface area (Å²) >= 11 is 0. The van der Waals surface area contributed by atoms with Crippen LogP contribution in [-0.4, -0.2) is 19.0 Å². The van der Waals surface area contributed by atoms with Crippen LogP contribution in [0.2, 0.25) is 0 Å². The largest absolute Gasteiger partial charge is 1.00 e. The fourth-order valence-electron chi connectivity index (χ4n) is 0.698. The van der Waals surface area contributed by atoms with Crippen LogP contribution in [0.25, 0.3) is 0 Å². The van der Waals surface area contributed by atoms with Gasteiger partial charge in [0.1, 0.15) is 0 Å². The van der Waals surface area contributed by atoms with Gasteiger partial charge in [0.2, 0.25) is 0 Å². The molecule has 0 spiro atoms. The molecule has 0 N–H and O–H groups in total. The number of nitrogens with zero attached hydrogens (tertiary/aromatic N) is 1. The minimum Gasteiger partial charge on any atom is -0.673 e. The smallest absolute Gasteiger partial charge is 0.673 e. The Bertz CT molecular complexity index is 128. The van der Waals surface area contributed by atoms with Crippen molar-refractivity contribution in [2.45, 2.75) is 26.8 Å². The van der Waals surface area contributed by atoms with Gasteiger partial charge in [0.05, 0.1) is 12.6 Å². The van der Waals surface area contributed by atoms with E-state index < -0.39 is 0 Å². The molecule has 0 aliphatic carbocycles. The van der Waals surface area contributed by atoms with Gasteiger partial charge < -0.3 is 9.73 Å². The van der Waals surface area contributed by atoms with E-state index in [-0.39, 0.29) is 24.3 Å². The molecular weight excluding hydrogens is 121 g/mol. The van der Waals surface area contributed by atoms with E-state index in [0.717, 1.165) is 0 Å². The molecule has 1 heterocycles. The monoisotopic (exact) mass is 133 g/mol. The number of hydrogen-bond donors (Lipinski definition) is 0. The first-order chi connectivity index (χ1) is 4.11. The summed E-state index contributed by atoms with van der Waals surface area (Å²) in [5.41, 5.74) is 0.226. The molecule has 0 bridgehead atoms. The Balaban J connectivity index is 0.000000810. The van der Waals surface area contributed by atoms with Gasteiger partial charge in [-0.2, -0.15) is 0 Å². The van der Waals surface area contributed by atoms with Gasteiger partial charge >= 0.3 is 18.9 Å². The third-order valence-electron chi connectivity index (χ3n) is 1.51. The van der Waals surface area contributed by atoms with Gasteiger partial charge in [-0.15, -0.1) is 0 Å². The third-order valence-corrected chi connectivity index (χ3v) is 1.51. The molecule has 1 aliphatic rings. The first kappa shape index (κ1) is 10.1. The summed E-state index contributed by atoms with van der Waals surface area (Å²) in [6, 6.07) is 0.303. The van der Waals surface area contributed by atoms with Crippen LogP contribution in [0.5, 0.6) is 0 Å². The average molecular weight is 133 g/mol. The van der Waals surface area contributed by atoms with Crippen LogP contribution in [0.15, 0.2) is 4.99 Å². The van der Waals surface area contributed by atoms with Gasteiger partial charge in [0, 0.05) is 0 Å². The van der Waals surface area contributed by atoms with Crippen molar-refractivity contribution in [3.8, 4) is 0 Å². The topological polar surface area (TPSA) is 21.6 Å². The van der Waals surface area contributed by atoms with Gasteiger partial charge in [-0.1, -0.05) is 20.8 Å². The van der Waals surface area contributed by atoms with Crippen molar-refractivity contribution in [3.05, 3.63) is 0 Å². The van der Waals surface area contributed by atoms with Crippen molar-refractivity contribution in [2.24, 2.45) is 10.4 Å². The van der Waals surface area contributed by atoms with Crippen LogP contribution in [0.1, 0.15) is 20.8 Å². The normalized spacial score (nSPS) is 23.7.